The lowest BCUT2D eigenvalue weighted by atomic mass is 9.84. The topological polar surface area (TPSA) is 144 Å². The van der Waals surface area contributed by atoms with Crippen LogP contribution in [0.1, 0.15) is 86.5 Å². The first kappa shape index (κ1) is 36.0. The van der Waals surface area contributed by atoms with Gasteiger partial charge in [-0.15, -0.1) is 0 Å². The number of hydrogen-bond acceptors (Lipinski definition) is 8. The Labute approximate surface area is 284 Å². The smallest absolute Gasteiger partial charge is 0.222 e. The molecule has 5 N–H and O–H groups in total. The Balaban J connectivity index is 1.16. The van der Waals surface area contributed by atoms with Crippen molar-refractivity contribution < 1.29 is 35.1 Å². The molecule has 1 aromatic heterocycles. The Morgan fingerprint density at radius 2 is 1.75 bits per heavy atom. The van der Waals surface area contributed by atoms with Gasteiger partial charge >= 0.3 is 0 Å². The molecule has 1 amide bonds. The maximum atomic E-state index is 12.7. The van der Waals surface area contributed by atoms with Crippen LogP contribution in [0.15, 0.2) is 60.9 Å². The minimum atomic E-state index is -1.72. The van der Waals surface area contributed by atoms with Crippen molar-refractivity contribution in [1.82, 2.24) is 9.88 Å². The third-order valence-corrected chi connectivity index (χ3v) is 10.3. The van der Waals surface area contributed by atoms with Crippen LogP contribution >= 0.6 is 0 Å². The standard InChI is InChI=1S/C39H52N2O7/c1-25(7-6-10-36(45)41(3)23-33(43)37(46)38(47)34(44)24-42)27-12-11-26(2)28(21-27)15-17-39(18-19-39)32-22-40-20-16-30(32)31-8-4-5-9-35(31)48-29-13-14-29/h4-5,8-9,11-12,16,20-22,25,29,33-34,37-38,42-44,46-47H,6-7,10,13-15,17-19,23-24H2,1-3H3/t25?,33-,34+,37+,38+/m0/s1. The summed E-state index contributed by atoms with van der Waals surface area (Å²) < 4.78 is 6.29. The number of benzene rings is 2. The highest BCUT2D eigenvalue weighted by Crippen LogP contribution is 2.55. The number of aromatic nitrogens is 1. The largest absolute Gasteiger partial charge is 0.490 e. The summed E-state index contributed by atoms with van der Waals surface area (Å²) >= 11 is 0. The lowest BCUT2D eigenvalue weighted by molar-refractivity contribution is -0.138. The fraction of sp³-hybridized carbons (Fsp3) is 0.538. The minimum absolute atomic E-state index is 0.108. The van der Waals surface area contributed by atoms with Crippen LogP contribution < -0.4 is 4.74 Å². The molecule has 5 atom stereocenters. The number of ether oxygens (including phenoxy) is 1. The van der Waals surface area contributed by atoms with E-state index in [1.165, 1.54) is 39.8 Å². The monoisotopic (exact) mass is 660 g/mol. The zero-order valence-corrected chi connectivity index (χ0v) is 28.5. The van der Waals surface area contributed by atoms with Gasteiger partial charge in [-0.25, -0.2) is 0 Å². The number of aryl methyl sites for hydroxylation is 2. The minimum Gasteiger partial charge on any atom is -0.490 e. The second kappa shape index (κ2) is 15.9. The van der Waals surface area contributed by atoms with Crippen molar-refractivity contribution >= 4 is 5.91 Å². The molecule has 3 aromatic rings. The fourth-order valence-corrected chi connectivity index (χ4v) is 6.63. The molecular weight excluding hydrogens is 608 g/mol. The van der Waals surface area contributed by atoms with Crippen molar-refractivity contribution in [3.8, 4) is 16.9 Å². The predicted octanol–water partition coefficient (Wildman–Crippen LogP) is 4.43. The predicted molar refractivity (Wildman–Crippen MR) is 185 cm³/mol. The van der Waals surface area contributed by atoms with Crippen LogP contribution in [0, 0.1) is 6.92 Å². The second-order valence-corrected chi connectivity index (χ2v) is 14.1. The average Bonchev–Trinajstić information content (AvgIpc) is 4.04. The van der Waals surface area contributed by atoms with Crippen molar-refractivity contribution in [2.24, 2.45) is 0 Å². The Hall–Kier alpha value is -3.34. The van der Waals surface area contributed by atoms with Gasteiger partial charge in [0.2, 0.25) is 5.91 Å². The highest BCUT2D eigenvalue weighted by molar-refractivity contribution is 5.76. The molecule has 9 heteroatoms. The zero-order chi connectivity index (χ0) is 34.4. The number of aliphatic hydroxyl groups excluding tert-OH is 5. The Kier molecular flexibility index (Phi) is 11.9. The molecule has 9 nitrogen and oxygen atoms in total. The van der Waals surface area contributed by atoms with Gasteiger partial charge in [0.1, 0.15) is 30.2 Å². The third kappa shape index (κ3) is 8.81. The van der Waals surface area contributed by atoms with E-state index in [1.807, 2.05) is 12.3 Å². The van der Waals surface area contributed by atoms with Crippen LogP contribution in [0.25, 0.3) is 11.1 Å². The summed E-state index contributed by atoms with van der Waals surface area (Å²) in [4.78, 5) is 18.6. The summed E-state index contributed by atoms with van der Waals surface area (Å²) in [5, 5.41) is 48.6. The van der Waals surface area contributed by atoms with Crippen molar-refractivity contribution in [2.75, 3.05) is 20.2 Å². The summed E-state index contributed by atoms with van der Waals surface area (Å²) in [5.41, 5.74) is 7.68. The van der Waals surface area contributed by atoms with Crippen molar-refractivity contribution in [3.63, 3.8) is 0 Å². The van der Waals surface area contributed by atoms with Gasteiger partial charge < -0.3 is 35.2 Å². The number of hydrogen-bond donors (Lipinski definition) is 5. The normalized spacial score (nSPS) is 18.4. The number of nitrogens with zero attached hydrogens (tertiary/aromatic N) is 2. The Bertz CT molecular complexity index is 1520. The SMILES string of the molecule is Cc1ccc(C(C)CCCC(=O)N(C)C[C@H](O)[C@@H](O)[C@H](O)[C@H](O)CO)cc1CCC1(c2cnccc2-c2ccccc2OC2CC2)CC1. The van der Waals surface area contributed by atoms with Gasteiger partial charge in [0.15, 0.2) is 0 Å². The van der Waals surface area contributed by atoms with E-state index in [-0.39, 0.29) is 30.2 Å². The van der Waals surface area contributed by atoms with Crippen LogP contribution in [0.2, 0.25) is 0 Å². The number of rotatable bonds is 18. The molecule has 0 saturated heterocycles. The molecule has 0 bridgehead atoms. The third-order valence-electron chi connectivity index (χ3n) is 10.3. The molecule has 2 aliphatic rings. The summed E-state index contributed by atoms with van der Waals surface area (Å²) in [6.07, 6.45) is 6.17. The number of aliphatic hydroxyl groups is 5. The molecule has 0 radical (unpaired) electrons. The van der Waals surface area contributed by atoms with E-state index < -0.39 is 31.0 Å². The summed E-state index contributed by atoms with van der Waals surface area (Å²) in [6, 6.07) is 17.2. The number of carbonyl (C=O) groups excluding carboxylic acids is 1. The van der Waals surface area contributed by atoms with E-state index in [2.05, 4.69) is 67.5 Å². The molecule has 2 aliphatic carbocycles. The van der Waals surface area contributed by atoms with E-state index in [4.69, 9.17) is 9.84 Å². The molecule has 2 saturated carbocycles. The number of pyridine rings is 1. The maximum Gasteiger partial charge on any atom is 0.222 e. The fourth-order valence-electron chi connectivity index (χ4n) is 6.63. The van der Waals surface area contributed by atoms with E-state index >= 15 is 0 Å². The number of likely N-dealkylation sites (N-methyl/N-ethyl adjacent to an activating group) is 1. The molecular formula is C39H52N2O7. The number of amides is 1. The van der Waals surface area contributed by atoms with E-state index in [0.717, 1.165) is 56.3 Å². The second-order valence-electron chi connectivity index (χ2n) is 14.1. The molecule has 5 rings (SSSR count). The highest BCUT2D eigenvalue weighted by atomic mass is 16.5. The van der Waals surface area contributed by atoms with Gasteiger partial charge in [-0.1, -0.05) is 43.3 Å². The molecule has 48 heavy (non-hydrogen) atoms. The van der Waals surface area contributed by atoms with Crippen molar-refractivity contribution in [2.45, 2.75) is 113 Å². The summed E-state index contributed by atoms with van der Waals surface area (Å²) in [7, 11) is 1.53. The molecule has 2 fully saturated rings. The molecule has 0 aliphatic heterocycles. The Morgan fingerprint density at radius 3 is 2.46 bits per heavy atom. The quantitative estimate of drug-likeness (QED) is 0.135. The van der Waals surface area contributed by atoms with Gasteiger partial charge in [-0.05, 0) is 110 Å². The van der Waals surface area contributed by atoms with Crippen LogP contribution in [-0.4, -0.2) is 92.0 Å². The number of carbonyl (C=O) groups is 1. The van der Waals surface area contributed by atoms with Gasteiger partial charge in [-0.2, -0.15) is 0 Å². The summed E-state index contributed by atoms with van der Waals surface area (Å²) in [6.45, 7) is 3.41. The van der Waals surface area contributed by atoms with Crippen LogP contribution in [-0.2, 0) is 16.6 Å². The first-order chi connectivity index (χ1) is 23.0. The van der Waals surface area contributed by atoms with Crippen LogP contribution in [0.3, 0.4) is 0 Å². The van der Waals surface area contributed by atoms with Gasteiger partial charge in [-0.3, -0.25) is 9.78 Å². The van der Waals surface area contributed by atoms with Crippen molar-refractivity contribution in [1.29, 1.82) is 0 Å². The maximum absolute atomic E-state index is 12.7. The van der Waals surface area contributed by atoms with Crippen LogP contribution in [0.5, 0.6) is 5.75 Å². The molecule has 1 heterocycles. The van der Waals surface area contributed by atoms with Gasteiger partial charge in [0.25, 0.3) is 0 Å². The highest BCUT2D eigenvalue weighted by Gasteiger charge is 2.45. The Morgan fingerprint density at radius 1 is 1.02 bits per heavy atom. The van der Waals surface area contributed by atoms with Crippen molar-refractivity contribution in [3.05, 3.63) is 83.2 Å². The zero-order valence-electron chi connectivity index (χ0n) is 28.5. The average molecular weight is 661 g/mol. The van der Waals surface area contributed by atoms with Crippen LogP contribution in [0.4, 0.5) is 0 Å². The van der Waals surface area contributed by atoms with E-state index in [1.54, 1.807) is 0 Å². The molecule has 1 unspecified atom stereocenters. The van der Waals surface area contributed by atoms with E-state index in [0.29, 0.717) is 12.5 Å². The molecule has 0 spiro atoms. The lowest BCUT2D eigenvalue weighted by Gasteiger charge is -2.28. The number of para-hydroxylation sites is 1. The summed E-state index contributed by atoms with van der Waals surface area (Å²) in [5.74, 6) is 1.04. The lowest BCUT2D eigenvalue weighted by Crippen LogP contribution is -2.49. The van der Waals surface area contributed by atoms with Gasteiger partial charge in [0.05, 0.1) is 12.7 Å². The first-order valence-corrected chi connectivity index (χ1v) is 17.4. The molecule has 260 valence electrons. The molecule has 2 aromatic carbocycles. The van der Waals surface area contributed by atoms with E-state index in [9.17, 15) is 25.2 Å². The first-order valence-electron chi connectivity index (χ1n) is 17.4. The van der Waals surface area contributed by atoms with Gasteiger partial charge in [0, 0.05) is 38.0 Å².